The molecule has 0 aliphatic carbocycles. The van der Waals surface area contributed by atoms with E-state index < -0.39 is 0 Å². The number of benzene rings is 2. The van der Waals surface area contributed by atoms with Crippen LogP contribution in [0.5, 0.6) is 23.0 Å². The van der Waals surface area contributed by atoms with Gasteiger partial charge in [0.15, 0.2) is 23.0 Å². The molecule has 0 unspecified atom stereocenters. The van der Waals surface area contributed by atoms with E-state index in [0.29, 0.717) is 155 Å². The van der Waals surface area contributed by atoms with Gasteiger partial charge >= 0.3 is 120 Å². The molecule has 0 amide bonds. The first kappa shape index (κ1) is 63.2. The second kappa shape index (κ2) is 53.5. The Kier molecular flexibility index (Phi) is 60.4. The average Bonchev–Trinajstić information content (AvgIpc) is 3.16. The van der Waals surface area contributed by atoms with E-state index in [1.54, 1.807) is 0 Å². The van der Waals surface area contributed by atoms with Crippen LogP contribution in [0.4, 0.5) is 0 Å². The van der Waals surface area contributed by atoms with Crippen molar-refractivity contribution in [3.05, 3.63) is 64.8 Å². The van der Waals surface area contributed by atoms with Gasteiger partial charge in [0, 0.05) is 0 Å². The molecular formula is C35H48CuK2N3O12S3. The van der Waals surface area contributed by atoms with Crippen molar-refractivity contribution >= 4 is 52.1 Å². The van der Waals surface area contributed by atoms with Crippen LogP contribution in [-0.2, 0) is 55.0 Å². The van der Waals surface area contributed by atoms with Gasteiger partial charge in [-0.15, -0.1) is 0 Å². The number of fused-ring (bicyclic) bond motifs is 2. The summed E-state index contributed by atoms with van der Waals surface area (Å²) in [6.07, 6.45) is 0. The molecule has 15 nitrogen and oxygen atoms in total. The molecule has 2 aromatic rings. The van der Waals surface area contributed by atoms with Gasteiger partial charge in [0.05, 0.1) is 106 Å². The Hall–Kier alpha value is 0.512. The van der Waals surface area contributed by atoms with Gasteiger partial charge < -0.3 is 73.1 Å². The molecule has 21 heteroatoms. The van der Waals surface area contributed by atoms with Crippen molar-refractivity contribution in [1.29, 1.82) is 0 Å². The molecule has 2 heterocycles. The van der Waals surface area contributed by atoms with E-state index in [0.717, 1.165) is 0 Å². The van der Waals surface area contributed by atoms with Crippen LogP contribution in [0.1, 0.15) is 0 Å². The summed E-state index contributed by atoms with van der Waals surface area (Å²) in [4.78, 5) is 0. The number of hydrogen-bond donors (Lipinski definition) is 0. The molecule has 0 radical (unpaired) electrons. The first-order valence-corrected chi connectivity index (χ1v) is 17.8. The Morgan fingerprint density at radius 2 is 0.446 bits per heavy atom. The minimum absolute atomic E-state index is 0. The average molecular weight is 941 g/mol. The van der Waals surface area contributed by atoms with Crippen molar-refractivity contribution < 1.29 is 177 Å². The third kappa shape index (κ3) is 42.6. The van der Waals surface area contributed by atoms with Gasteiger partial charge in [0.1, 0.15) is 26.4 Å². The summed E-state index contributed by atoms with van der Waals surface area (Å²) in [6.45, 7) is 10.6. The molecule has 0 bridgehead atoms. The smallest absolute Gasteiger partial charge is 0.753 e. The minimum Gasteiger partial charge on any atom is -0.753 e. The van der Waals surface area contributed by atoms with Crippen LogP contribution in [0, 0.1) is 0 Å². The quantitative estimate of drug-likeness (QED) is 0.179. The zero-order chi connectivity index (χ0) is 38.7. The maximum absolute atomic E-state index is 7.13. The fraction of sp³-hybridized carbons (Fsp3) is 0.571. The van der Waals surface area contributed by atoms with Crippen LogP contribution in [0.3, 0.4) is 0 Å². The molecule has 0 saturated heterocycles. The Balaban J connectivity index is -0.000000381. The van der Waals surface area contributed by atoms with Gasteiger partial charge in [0.25, 0.3) is 0 Å². The number of para-hydroxylation sites is 4. The van der Waals surface area contributed by atoms with Crippen LogP contribution in [0.25, 0.3) is 16.2 Å². The van der Waals surface area contributed by atoms with E-state index in [2.05, 4.69) is 36.7 Å². The van der Waals surface area contributed by atoms with Gasteiger partial charge in [0.2, 0.25) is 0 Å². The largest absolute Gasteiger partial charge is 1.00 e. The first-order valence-electron chi connectivity index (χ1n) is 16.5. The molecule has 0 fully saturated rings. The molecule has 0 aromatic heterocycles. The summed E-state index contributed by atoms with van der Waals surface area (Å²) >= 11 is 11.1. The monoisotopic (exact) mass is 939 g/mol. The summed E-state index contributed by atoms with van der Waals surface area (Å²) in [5, 5.41) is 25.4. The number of nitrogens with zero attached hydrogens (tertiary/aromatic N) is 3. The summed E-state index contributed by atoms with van der Waals surface area (Å²) in [7, 11) is 0. The van der Waals surface area contributed by atoms with Gasteiger partial charge in [-0.3, -0.25) is 0 Å². The molecule has 2 aliphatic rings. The summed E-state index contributed by atoms with van der Waals surface area (Å²) in [5.41, 5.74) is 0. The molecule has 0 saturated carbocycles. The predicted octanol–water partition coefficient (Wildman–Crippen LogP) is -0.970. The number of hydrogen-bond acceptors (Lipinski definition) is 15. The number of rotatable bonds is 0. The predicted molar refractivity (Wildman–Crippen MR) is 209 cm³/mol. The zero-order valence-electron chi connectivity index (χ0n) is 32.0. The van der Waals surface area contributed by atoms with Crippen molar-refractivity contribution in [1.82, 2.24) is 0 Å². The van der Waals surface area contributed by atoms with E-state index in [9.17, 15) is 0 Å². The van der Waals surface area contributed by atoms with Crippen molar-refractivity contribution in [3.8, 4) is 23.0 Å². The number of ether oxygens (including phenoxy) is 12. The standard InChI is InChI=1S/2C16H24O6.3CNS.Cu.2K/c2*1-2-4-16-15(3-1)21-13-11-19-9-7-17-5-6-18-8-10-20-12-14-22-16;3*2-1-3;;;/h2*1-4H,5-14H2;;;;;;/q;;3*-1;3*+1. The van der Waals surface area contributed by atoms with E-state index >= 15 is 0 Å². The summed E-state index contributed by atoms with van der Waals surface area (Å²) < 4.78 is 66.0. The molecule has 0 atom stereocenters. The zero-order valence-corrected chi connectivity index (χ0v) is 41.7. The normalized spacial score (nSPS) is 16.0. The molecule has 2 aromatic carbocycles. The molecule has 2 aliphatic heterocycles. The van der Waals surface area contributed by atoms with Crippen LogP contribution < -0.4 is 122 Å². The van der Waals surface area contributed by atoms with Gasteiger partial charge in [-0.1, -0.05) is 60.9 Å². The summed E-state index contributed by atoms with van der Waals surface area (Å²) in [5.74, 6) is 2.86. The first-order chi connectivity index (χ1) is 26.2. The Labute approximate surface area is 442 Å². The number of thiocarbonyl (C=S) groups is 3. The Morgan fingerprint density at radius 1 is 0.321 bits per heavy atom. The van der Waals surface area contributed by atoms with Crippen LogP contribution in [-0.4, -0.2) is 148 Å². The van der Waals surface area contributed by atoms with E-state index in [1.807, 2.05) is 48.5 Å². The van der Waals surface area contributed by atoms with Crippen LogP contribution >= 0.6 is 36.7 Å². The van der Waals surface area contributed by atoms with Crippen molar-refractivity contribution in [2.45, 2.75) is 0 Å². The van der Waals surface area contributed by atoms with Crippen LogP contribution in [0.2, 0.25) is 0 Å². The second-order valence-corrected chi connectivity index (χ2v) is 10.0. The third-order valence-electron chi connectivity index (χ3n) is 5.87. The molecular weight excluding hydrogens is 892 g/mol. The van der Waals surface area contributed by atoms with E-state index in [4.69, 9.17) is 73.1 Å². The molecule has 306 valence electrons. The third-order valence-corrected chi connectivity index (χ3v) is 5.87. The number of isothiocyanates is 3. The fourth-order valence-electron chi connectivity index (χ4n) is 3.74. The van der Waals surface area contributed by atoms with Crippen molar-refractivity contribution in [3.63, 3.8) is 0 Å². The Morgan fingerprint density at radius 3 is 0.589 bits per heavy atom. The molecule has 56 heavy (non-hydrogen) atoms. The topological polar surface area (TPSA) is 178 Å². The van der Waals surface area contributed by atoms with Gasteiger partial charge in [-0.2, -0.15) is 15.5 Å². The van der Waals surface area contributed by atoms with Crippen molar-refractivity contribution in [2.75, 3.05) is 132 Å². The maximum Gasteiger partial charge on any atom is 1.00 e. The minimum atomic E-state index is 0. The second-order valence-electron chi connectivity index (χ2n) is 9.46. The van der Waals surface area contributed by atoms with Gasteiger partial charge in [-0.05, 0) is 24.3 Å². The van der Waals surface area contributed by atoms with Crippen LogP contribution in [0.15, 0.2) is 48.5 Å². The molecule has 4 rings (SSSR count). The van der Waals surface area contributed by atoms with E-state index in [-0.39, 0.29) is 120 Å². The summed E-state index contributed by atoms with van der Waals surface area (Å²) in [6, 6.07) is 15.2. The fourth-order valence-corrected chi connectivity index (χ4v) is 3.74. The van der Waals surface area contributed by atoms with Crippen molar-refractivity contribution in [2.24, 2.45) is 0 Å². The SMILES string of the molecule is [Cu+].[K+].[K+].[N-]=C=S.[N-]=C=S.[N-]=C=S.c1ccc2c(c1)OCCOCCOCCOCCOCCO2.c1ccc2c(c1)OCCOCCOCCOCCOCCO2. The van der Waals surface area contributed by atoms with Gasteiger partial charge in [-0.25, -0.2) is 0 Å². The Bertz CT molecular complexity index is 1080. The molecule has 0 N–H and O–H groups in total. The van der Waals surface area contributed by atoms with E-state index in [1.165, 1.54) is 15.5 Å². The molecule has 0 spiro atoms. The maximum atomic E-state index is 7.13.